The molecule has 0 aliphatic heterocycles. The first-order chi connectivity index (χ1) is 9.25. The van der Waals surface area contributed by atoms with Crippen molar-refractivity contribution in [3.05, 3.63) is 42.1 Å². The van der Waals surface area contributed by atoms with Gasteiger partial charge in [0, 0.05) is 11.8 Å². The monoisotopic (exact) mass is 258 g/mol. The van der Waals surface area contributed by atoms with E-state index >= 15 is 0 Å². The van der Waals surface area contributed by atoms with E-state index in [1.54, 1.807) is 10.9 Å². The zero-order valence-corrected chi connectivity index (χ0v) is 11.2. The van der Waals surface area contributed by atoms with Gasteiger partial charge in [0.1, 0.15) is 11.3 Å². The number of aromatic nitrogens is 2. The molecule has 0 unspecified atom stereocenters. The van der Waals surface area contributed by atoms with Gasteiger partial charge in [0.05, 0.1) is 6.04 Å². The molecule has 2 aromatic rings. The van der Waals surface area contributed by atoms with Crippen molar-refractivity contribution in [2.24, 2.45) is 0 Å². The molecule has 19 heavy (non-hydrogen) atoms. The first-order valence-electron chi connectivity index (χ1n) is 6.63. The van der Waals surface area contributed by atoms with Crippen LogP contribution in [0, 0.1) is 0 Å². The molecule has 0 spiro atoms. The Morgan fingerprint density at radius 3 is 2.42 bits per heavy atom. The van der Waals surface area contributed by atoms with E-state index in [1.807, 2.05) is 44.2 Å². The Morgan fingerprint density at radius 1 is 1.26 bits per heavy atom. The molecule has 1 aliphatic rings. The molecule has 1 N–H and O–H groups in total. The van der Waals surface area contributed by atoms with Crippen LogP contribution in [0.4, 0.5) is 0 Å². The van der Waals surface area contributed by atoms with Gasteiger partial charge in [-0.2, -0.15) is 5.10 Å². The Balaban J connectivity index is 0.000000637. The summed E-state index contributed by atoms with van der Waals surface area (Å²) in [6.07, 6.45) is 3.83. The average Bonchev–Trinajstić information content (AvgIpc) is 3.20. The van der Waals surface area contributed by atoms with Gasteiger partial charge in [-0.25, -0.2) is 4.79 Å². The Hall–Kier alpha value is -2.10. The molecule has 1 heterocycles. The minimum Gasteiger partial charge on any atom is -0.478 e. The molecular weight excluding hydrogens is 240 g/mol. The van der Waals surface area contributed by atoms with E-state index < -0.39 is 5.97 Å². The summed E-state index contributed by atoms with van der Waals surface area (Å²) in [5, 5.41) is 13.6. The Labute approximate surface area is 112 Å². The molecule has 3 rings (SSSR count). The lowest BCUT2D eigenvalue weighted by molar-refractivity contribution is 0.0697. The number of aromatic carboxylic acids is 1. The number of carboxylic acid groups (broad SMARTS) is 1. The number of benzene rings is 1. The van der Waals surface area contributed by atoms with E-state index in [4.69, 9.17) is 0 Å². The number of nitrogens with zero attached hydrogens (tertiary/aromatic N) is 2. The van der Waals surface area contributed by atoms with Crippen molar-refractivity contribution in [3.8, 4) is 11.3 Å². The number of rotatable bonds is 3. The number of carbonyl (C=O) groups is 1. The zero-order chi connectivity index (χ0) is 13.8. The lowest BCUT2D eigenvalue weighted by Crippen LogP contribution is -1.96. The smallest absolute Gasteiger partial charge is 0.339 e. The van der Waals surface area contributed by atoms with Crippen LogP contribution in [0.2, 0.25) is 0 Å². The van der Waals surface area contributed by atoms with Crippen LogP contribution in [0.25, 0.3) is 11.3 Å². The third-order valence-corrected chi connectivity index (χ3v) is 2.93. The highest BCUT2D eigenvalue weighted by molar-refractivity contribution is 5.94. The Morgan fingerprint density at radius 2 is 1.89 bits per heavy atom. The van der Waals surface area contributed by atoms with Crippen LogP contribution < -0.4 is 0 Å². The summed E-state index contributed by atoms with van der Waals surface area (Å²) in [6, 6.07) is 9.83. The van der Waals surface area contributed by atoms with Crippen molar-refractivity contribution in [2.45, 2.75) is 32.7 Å². The van der Waals surface area contributed by atoms with Crippen molar-refractivity contribution >= 4 is 5.97 Å². The summed E-state index contributed by atoms with van der Waals surface area (Å²) in [6.45, 7) is 4.00. The third kappa shape index (κ3) is 2.84. The fourth-order valence-corrected chi connectivity index (χ4v) is 1.88. The molecule has 4 nitrogen and oxygen atoms in total. The molecule has 0 saturated heterocycles. The van der Waals surface area contributed by atoms with Gasteiger partial charge < -0.3 is 5.11 Å². The molecule has 0 amide bonds. The van der Waals surface area contributed by atoms with Gasteiger partial charge >= 0.3 is 5.97 Å². The topological polar surface area (TPSA) is 55.1 Å². The molecule has 1 aliphatic carbocycles. The molecular formula is C15H18N2O2. The van der Waals surface area contributed by atoms with Crippen molar-refractivity contribution in [1.29, 1.82) is 0 Å². The maximum atomic E-state index is 11.2. The van der Waals surface area contributed by atoms with Crippen LogP contribution in [0.5, 0.6) is 0 Å². The van der Waals surface area contributed by atoms with Gasteiger partial charge in [0.2, 0.25) is 0 Å². The van der Waals surface area contributed by atoms with E-state index in [1.165, 1.54) is 0 Å². The van der Waals surface area contributed by atoms with Crippen molar-refractivity contribution in [1.82, 2.24) is 9.78 Å². The van der Waals surface area contributed by atoms with Gasteiger partial charge in [-0.15, -0.1) is 0 Å². The number of hydrogen-bond acceptors (Lipinski definition) is 2. The van der Waals surface area contributed by atoms with Crippen LogP contribution in [0.1, 0.15) is 43.1 Å². The molecule has 4 heteroatoms. The minimum absolute atomic E-state index is 0.281. The maximum absolute atomic E-state index is 11.2. The molecule has 100 valence electrons. The van der Waals surface area contributed by atoms with Crippen molar-refractivity contribution < 1.29 is 9.90 Å². The molecule has 1 fully saturated rings. The second-order valence-electron chi connectivity index (χ2n) is 4.27. The summed E-state index contributed by atoms with van der Waals surface area (Å²) < 4.78 is 1.78. The quantitative estimate of drug-likeness (QED) is 0.915. The summed E-state index contributed by atoms with van der Waals surface area (Å²) in [5.74, 6) is -0.921. The fraction of sp³-hybridized carbons (Fsp3) is 0.333. The van der Waals surface area contributed by atoms with Gasteiger partial charge in [-0.3, -0.25) is 4.68 Å². The SMILES string of the molecule is CC.O=C(O)c1cn(C2CC2)nc1-c1ccccc1. The minimum atomic E-state index is -0.921. The molecule has 1 aromatic heterocycles. The molecule has 0 radical (unpaired) electrons. The van der Waals surface area contributed by atoms with Crippen LogP contribution in [0.15, 0.2) is 36.5 Å². The largest absolute Gasteiger partial charge is 0.478 e. The summed E-state index contributed by atoms with van der Waals surface area (Å²) in [4.78, 5) is 11.2. The molecule has 1 aromatic carbocycles. The van der Waals surface area contributed by atoms with Gasteiger partial charge in [0.25, 0.3) is 0 Å². The number of hydrogen-bond donors (Lipinski definition) is 1. The normalized spacial score (nSPS) is 13.6. The highest BCUT2D eigenvalue weighted by atomic mass is 16.4. The van der Waals surface area contributed by atoms with Crippen molar-refractivity contribution in [2.75, 3.05) is 0 Å². The summed E-state index contributed by atoms with van der Waals surface area (Å²) in [7, 11) is 0. The molecule has 0 atom stereocenters. The molecule has 1 saturated carbocycles. The second kappa shape index (κ2) is 5.69. The first kappa shape index (κ1) is 13.3. The van der Waals surface area contributed by atoms with E-state index in [-0.39, 0.29) is 5.56 Å². The lowest BCUT2D eigenvalue weighted by Gasteiger charge is -1.98. The standard InChI is InChI=1S/C13H12N2O2.C2H6/c16-13(17)11-8-15(10-6-7-10)14-12(11)9-4-2-1-3-5-9;1-2/h1-5,8,10H,6-7H2,(H,16,17);1-2H3. The van der Waals surface area contributed by atoms with Gasteiger partial charge in [-0.1, -0.05) is 44.2 Å². The zero-order valence-electron chi connectivity index (χ0n) is 11.2. The second-order valence-corrected chi connectivity index (χ2v) is 4.27. The van der Waals surface area contributed by atoms with Crippen LogP contribution in [-0.4, -0.2) is 20.9 Å². The maximum Gasteiger partial charge on any atom is 0.339 e. The van der Waals surface area contributed by atoms with E-state index in [0.29, 0.717) is 11.7 Å². The lowest BCUT2D eigenvalue weighted by atomic mass is 10.1. The van der Waals surface area contributed by atoms with Crippen molar-refractivity contribution in [3.63, 3.8) is 0 Å². The van der Waals surface area contributed by atoms with Gasteiger partial charge in [-0.05, 0) is 12.8 Å². The summed E-state index contributed by atoms with van der Waals surface area (Å²) >= 11 is 0. The fourth-order valence-electron chi connectivity index (χ4n) is 1.88. The van der Waals surface area contributed by atoms with Crippen LogP contribution in [0.3, 0.4) is 0 Å². The van der Waals surface area contributed by atoms with E-state index in [2.05, 4.69) is 5.10 Å². The van der Waals surface area contributed by atoms with Crippen LogP contribution >= 0.6 is 0 Å². The Kier molecular flexibility index (Phi) is 4.00. The van der Waals surface area contributed by atoms with E-state index in [0.717, 1.165) is 18.4 Å². The number of carboxylic acids is 1. The summed E-state index contributed by atoms with van der Waals surface area (Å²) in [5.41, 5.74) is 1.69. The average molecular weight is 258 g/mol. The molecule has 0 bridgehead atoms. The van der Waals surface area contributed by atoms with Crippen LogP contribution in [-0.2, 0) is 0 Å². The van der Waals surface area contributed by atoms with E-state index in [9.17, 15) is 9.90 Å². The predicted molar refractivity (Wildman–Crippen MR) is 74.2 cm³/mol. The highest BCUT2D eigenvalue weighted by Crippen LogP contribution is 2.36. The van der Waals surface area contributed by atoms with Gasteiger partial charge in [0.15, 0.2) is 0 Å². The predicted octanol–water partition coefficient (Wildman–Crippen LogP) is 3.61. The Bertz CT molecular complexity index is 557. The highest BCUT2D eigenvalue weighted by Gasteiger charge is 2.27. The third-order valence-electron chi connectivity index (χ3n) is 2.93. The first-order valence-corrected chi connectivity index (χ1v) is 6.63.